The largest absolute Gasteiger partial charge is 0.426 e. The summed E-state index contributed by atoms with van der Waals surface area (Å²) in [5, 5.41) is 1.23. The number of hydrogen-bond acceptors (Lipinski definition) is 6. The second kappa shape index (κ2) is 7.33. The minimum absolute atomic E-state index is 0.204. The fraction of sp³-hybridized carbons (Fsp3) is 0.136. The van der Waals surface area contributed by atoms with Crippen molar-refractivity contribution in [3.05, 3.63) is 73.8 Å². The molecule has 0 aliphatic carbocycles. The summed E-state index contributed by atoms with van der Waals surface area (Å²) in [6.07, 6.45) is 0. The fourth-order valence-electron chi connectivity index (χ4n) is 2.95. The van der Waals surface area contributed by atoms with Gasteiger partial charge in [-0.2, -0.15) is 0 Å². The van der Waals surface area contributed by atoms with Crippen LogP contribution in [-0.2, 0) is 4.79 Å². The SMILES string of the molecule is CC(C)C(=O)Oc1ccc2c(-c3cc4cc(Br)ccc4oc3=O)cc(=O)oc2c1. The summed E-state index contributed by atoms with van der Waals surface area (Å²) >= 11 is 3.39. The van der Waals surface area contributed by atoms with Crippen LogP contribution in [0, 0.1) is 5.92 Å². The average Bonchev–Trinajstić information content (AvgIpc) is 2.66. The van der Waals surface area contributed by atoms with E-state index in [0.717, 1.165) is 4.47 Å². The molecule has 0 fully saturated rings. The number of carbonyl (C=O) groups excluding carboxylic acids is 1. The third-order valence-electron chi connectivity index (χ3n) is 4.39. The van der Waals surface area contributed by atoms with E-state index in [1.165, 1.54) is 12.1 Å². The predicted octanol–water partition coefficient (Wildman–Crippen LogP) is 4.89. The number of fused-ring (bicyclic) bond motifs is 2. The van der Waals surface area contributed by atoms with E-state index in [1.54, 1.807) is 44.2 Å². The first kappa shape index (κ1) is 19.1. The van der Waals surface area contributed by atoms with Crippen LogP contribution < -0.4 is 16.0 Å². The molecular weight excluding hydrogens is 440 g/mol. The number of carbonyl (C=O) groups is 1. The van der Waals surface area contributed by atoms with Gasteiger partial charge in [0.25, 0.3) is 0 Å². The summed E-state index contributed by atoms with van der Waals surface area (Å²) in [5.41, 5.74) is 0.0667. The normalized spacial score (nSPS) is 11.3. The van der Waals surface area contributed by atoms with Gasteiger partial charge >= 0.3 is 17.2 Å². The zero-order valence-electron chi connectivity index (χ0n) is 15.5. The van der Waals surface area contributed by atoms with Crippen LogP contribution in [0.5, 0.6) is 5.75 Å². The Morgan fingerprint density at radius 1 is 0.931 bits per heavy atom. The zero-order valence-corrected chi connectivity index (χ0v) is 17.1. The first-order valence-electron chi connectivity index (χ1n) is 8.85. The Kier molecular flexibility index (Phi) is 4.84. The second-order valence-corrected chi connectivity index (χ2v) is 7.76. The highest BCUT2D eigenvalue weighted by Crippen LogP contribution is 2.30. The van der Waals surface area contributed by atoms with Gasteiger partial charge in [0.05, 0.1) is 11.5 Å². The molecular formula is C22H15BrO6. The molecule has 0 aliphatic heterocycles. The molecule has 2 heterocycles. The predicted molar refractivity (Wildman–Crippen MR) is 112 cm³/mol. The van der Waals surface area contributed by atoms with Gasteiger partial charge in [0.15, 0.2) is 0 Å². The Morgan fingerprint density at radius 2 is 1.72 bits per heavy atom. The van der Waals surface area contributed by atoms with Crippen molar-refractivity contribution in [2.75, 3.05) is 0 Å². The monoisotopic (exact) mass is 454 g/mol. The summed E-state index contributed by atoms with van der Waals surface area (Å²) in [7, 11) is 0. The Balaban J connectivity index is 1.91. The van der Waals surface area contributed by atoms with E-state index in [4.69, 9.17) is 13.6 Å². The molecule has 0 saturated heterocycles. The summed E-state index contributed by atoms with van der Waals surface area (Å²) in [4.78, 5) is 36.5. The molecule has 146 valence electrons. The van der Waals surface area contributed by atoms with Gasteiger partial charge in [-0.1, -0.05) is 29.8 Å². The molecule has 0 atom stereocenters. The Hall–Kier alpha value is -3.19. The van der Waals surface area contributed by atoms with Crippen LogP contribution in [-0.4, -0.2) is 5.97 Å². The van der Waals surface area contributed by atoms with Crippen molar-refractivity contribution in [1.82, 2.24) is 0 Å². The lowest BCUT2D eigenvalue weighted by molar-refractivity contribution is -0.137. The number of rotatable bonds is 3. The highest BCUT2D eigenvalue weighted by atomic mass is 79.9. The molecule has 0 N–H and O–H groups in total. The maximum atomic E-state index is 12.6. The maximum Gasteiger partial charge on any atom is 0.344 e. The highest BCUT2D eigenvalue weighted by molar-refractivity contribution is 9.10. The van der Waals surface area contributed by atoms with Crippen LogP contribution in [0.1, 0.15) is 13.8 Å². The van der Waals surface area contributed by atoms with Gasteiger partial charge in [0.2, 0.25) is 0 Å². The molecule has 2 aromatic carbocycles. The standard InChI is InChI=1S/C22H15BrO6/c1-11(2)21(25)27-14-4-5-15-16(10-20(24)28-19(15)9-14)17-8-12-7-13(23)3-6-18(12)29-22(17)26/h3-11H,1-2H3. The van der Waals surface area contributed by atoms with E-state index in [9.17, 15) is 14.4 Å². The number of ether oxygens (including phenoxy) is 1. The van der Waals surface area contributed by atoms with Crippen LogP contribution in [0.15, 0.2) is 71.4 Å². The summed E-state index contributed by atoms with van der Waals surface area (Å²) < 4.78 is 16.8. The van der Waals surface area contributed by atoms with Crippen LogP contribution in [0.3, 0.4) is 0 Å². The molecule has 4 aromatic rings. The van der Waals surface area contributed by atoms with Gasteiger partial charge in [-0.3, -0.25) is 4.79 Å². The number of halogens is 1. The summed E-state index contributed by atoms with van der Waals surface area (Å²) in [6.45, 7) is 3.44. The fourth-order valence-corrected chi connectivity index (χ4v) is 3.32. The van der Waals surface area contributed by atoms with Gasteiger partial charge in [-0.05, 0) is 36.4 Å². The van der Waals surface area contributed by atoms with Crippen molar-refractivity contribution >= 4 is 43.8 Å². The smallest absolute Gasteiger partial charge is 0.344 e. The summed E-state index contributed by atoms with van der Waals surface area (Å²) in [6, 6.07) is 12.9. The number of esters is 1. The van der Waals surface area contributed by atoms with Crippen LogP contribution in [0.25, 0.3) is 33.1 Å². The minimum atomic E-state index is -0.631. The lowest BCUT2D eigenvalue weighted by atomic mass is 10.0. The van der Waals surface area contributed by atoms with E-state index >= 15 is 0 Å². The van der Waals surface area contributed by atoms with Gasteiger partial charge in [-0.25, -0.2) is 9.59 Å². The molecule has 0 spiro atoms. The molecule has 0 bridgehead atoms. The lowest BCUT2D eigenvalue weighted by Crippen LogP contribution is -2.14. The lowest BCUT2D eigenvalue weighted by Gasteiger charge is -2.09. The van der Waals surface area contributed by atoms with Crippen molar-refractivity contribution in [2.45, 2.75) is 13.8 Å². The molecule has 0 amide bonds. The Labute approximate surface area is 172 Å². The molecule has 2 aromatic heterocycles. The molecule has 0 unspecified atom stereocenters. The summed E-state index contributed by atoms with van der Waals surface area (Å²) in [5.74, 6) is -0.444. The van der Waals surface area contributed by atoms with E-state index < -0.39 is 17.2 Å². The third kappa shape index (κ3) is 3.73. The van der Waals surface area contributed by atoms with E-state index in [0.29, 0.717) is 21.9 Å². The van der Waals surface area contributed by atoms with Crippen molar-refractivity contribution in [3.63, 3.8) is 0 Å². The van der Waals surface area contributed by atoms with Crippen LogP contribution in [0.4, 0.5) is 0 Å². The molecule has 0 radical (unpaired) electrons. The van der Waals surface area contributed by atoms with E-state index in [2.05, 4.69) is 15.9 Å². The average molecular weight is 455 g/mol. The zero-order chi connectivity index (χ0) is 20.7. The van der Waals surface area contributed by atoms with Crippen molar-refractivity contribution in [3.8, 4) is 16.9 Å². The third-order valence-corrected chi connectivity index (χ3v) is 4.88. The Morgan fingerprint density at radius 3 is 2.48 bits per heavy atom. The van der Waals surface area contributed by atoms with Crippen LogP contribution in [0.2, 0.25) is 0 Å². The highest BCUT2D eigenvalue weighted by Gasteiger charge is 2.16. The first-order valence-corrected chi connectivity index (χ1v) is 9.64. The molecule has 29 heavy (non-hydrogen) atoms. The van der Waals surface area contributed by atoms with Gasteiger partial charge in [0.1, 0.15) is 16.9 Å². The minimum Gasteiger partial charge on any atom is -0.426 e. The topological polar surface area (TPSA) is 86.7 Å². The number of hydrogen-bond donors (Lipinski definition) is 0. The van der Waals surface area contributed by atoms with Crippen molar-refractivity contribution in [1.29, 1.82) is 0 Å². The molecule has 0 aliphatic rings. The number of benzene rings is 2. The molecule has 7 heteroatoms. The molecule has 0 saturated carbocycles. The van der Waals surface area contributed by atoms with Crippen molar-refractivity contribution < 1.29 is 18.4 Å². The molecule has 4 rings (SSSR count). The van der Waals surface area contributed by atoms with Gasteiger partial charge in [-0.15, -0.1) is 0 Å². The van der Waals surface area contributed by atoms with E-state index in [1.807, 2.05) is 6.07 Å². The van der Waals surface area contributed by atoms with E-state index in [-0.39, 0.29) is 22.8 Å². The molecule has 6 nitrogen and oxygen atoms in total. The van der Waals surface area contributed by atoms with Crippen LogP contribution >= 0.6 is 15.9 Å². The first-order chi connectivity index (χ1) is 13.8. The van der Waals surface area contributed by atoms with Gasteiger partial charge in [0, 0.05) is 32.9 Å². The quantitative estimate of drug-likeness (QED) is 0.248. The second-order valence-electron chi connectivity index (χ2n) is 6.84. The van der Waals surface area contributed by atoms with Gasteiger partial charge < -0.3 is 13.6 Å². The maximum absolute atomic E-state index is 12.6. The Bertz CT molecular complexity index is 1380. The van der Waals surface area contributed by atoms with Crippen molar-refractivity contribution in [2.24, 2.45) is 5.92 Å².